The minimum absolute atomic E-state index is 0.637. The number of carbonyl (C=O) groups is 3. The van der Waals surface area contributed by atoms with Gasteiger partial charge in [0.15, 0.2) is 5.60 Å². The average Bonchev–Trinajstić information content (AvgIpc) is 3.58. The van der Waals surface area contributed by atoms with Gasteiger partial charge in [0.1, 0.15) is 0 Å². The van der Waals surface area contributed by atoms with Gasteiger partial charge >= 0.3 is 17.9 Å². The Morgan fingerprint density at radius 2 is 1.68 bits per heavy atom. The molecule has 1 saturated heterocycles. The highest BCUT2D eigenvalue weighted by Gasteiger charge is 2.40. The van der Waals surface area contributed by atoms with E-state index in [4.69, 9.17) is 20.4 Å². The molecule has 4 N–H and O–H groups in total. The first-order valence-electron chi connectivity index (χ1n) is 13.4. The minimum atomic E-state index is -2.74. The van der Waals surface area contributed by atoms with Crippen LogP contribution >= 0.6 is 0 Å². The van der Waals surface area contributed by atoms with Crippen molar-refractivity contribution < 1.29 is 34.8 Å². The molecule has 12 heteroatoms. The van der Waals surface area contributed by atoms with Crippen LogP contribution in [0.25, 0.3) is 5.69 Å². The number of pyridine rings is 2. The first kappa shape index (κ1) is 31.4. The van der Waals surface area contributed by atoms with Crippen molar-refractivity contribution >= 4 is 17.9 Å². The summed E-state index contributed by atoms with van der Waals surface area (Å²) in [4.78, 5) is 44.4. The van der Waals surface area contributed by atoms with E-state index in [1.165, 1.54) is 25.1 Å². The number of hydrogen-bond acceptors (Lipinski definition) is 8. The summed E-state index contributed by atoms with van der Waals surface area (Å²) in [6.07, 6.45) is 8.04. The van der Waals surface area contributed by atoms with Crippen molar-refractivity contribution in [1.29, 1.82) is 0 Å². The molecule has 0 bridgehead atoms. The Balaban J connectivity index is 0.000000302. The monoisotopic (exact) mass is 567 g/mol. The van der Waals surface area contributed by atoms with Gasteiger partial charge in [0.05, 0.1) is 18.5 Å². The fraction of sp³-hybridized carbons (Fsp3) is 0.414. The highest BCUT2D eigenvalue weighted by atomic mass is 16.4. The van der Waals surface area contributed by atoms with Gasteiger partial charge in [-0.1, -0.05) is 13.0 Å². The van der Waals surface area contributed by atoms with Crippen LogP contribution in [0.5, 0.6) is 0 Å². The molecule has 1 atom stereocenters. The molecule has 0 aliphatic carbocycles. The van der Waals surface area contributed by atoms with Crippen LogP contribution in [0.15, 0.2) is 67.3 Å². The maximum atomic E-state index is 10.3. The van der Waals surface area contributed by atoms with Gasteiger partial charge in [0.2, 0.25) is 0 Å². The second kappa shape index (κ2) is 15.0. The van der Waals surface area contributed by atoms with Crippen molar-refractivity contribution in [2.45, 2.75) is 57.3 Å². The van der Waals surface area contributed by atoms with Crippen molar-refractivity contribution in [3.05, 3.63) is 78.6 Å². The lowest BCUT2D eigenvalue weighted by Crippen LogP contribution is -2.42. The summed E-state index contributed by atoms with van der Waals surface area (Å²) < 4.78 is 2.26. The van der Waals surface area contributed by atoms with Crippen LogP contribution in [0.4, 0.5) is 0 Å². The number of hydrogen-bond donors (Lipinski definition) is 4. The molecule has 1 fully saturated rings. The molecule has 3 aromatic heterocycles. The minimum Gasteiger partial charge on any atom is -0.481 e. The van der Waals surface area contributed by atoms with Gasteiger partial charge in [-0.3, -0.25) is 29.4 Å². The number of aliphatic hydroxyl groups is 1. The van der Waals surface area contributed by atoms with E-state index in [2.05, 4.69) is 73.9 Å². The van der Waals surface area contributed by atoms with E-state index in [1.54, 1.807) is 0 Å². The van der Waals surface area contributed by atoms with Crippen molar-refractivity contribution in [3.8, 4) is 5.69 Å². The predicted molar refractivity (Wildman–Crippen MR) is 149 cm³/mol. The molecule has 0 spiro atoms. The van der Waals surface area contributed by atoms with Gasteiger partial charge in [0, 0.05) is 61.8 Å². The molecular weight excluding hydrogens is 530 g/mol. The van der Waals surface area contributed by atoms with Gasteiger partial charge < -0.3 is 25.0 Å². The summed E-state index contributed by atoms with van der Waals surface area (Å²) in [6.45, 7) is 7.49. The third-order valence-electron chi connectivity index (χ3n) is 6.93. The Labute approximate surface area is 238 Å². The lowest BCUT2D eigenvalue weighted by molar-refractivity contribution is -0.170. The second-order valence-corrected chi connectivity index (χ2v) is 9.97. The molecule has 0 amide bonds. The standard InChI is InChI=1S/C23H29N5.C6H8O7/c1-2-27-15-5-8-22(27)18-26(17-20-7-3-4-12-25-20)19-23-9-6-16-28(23)21-10-13-24-14-11-21;7-3(8)1-6(13,5(11)12)2-4(9)10/h3-4,6-7,9-14,16,22H,2,5,8,15,17-19H2,1H3;13H,1-2H2,(H,7,8)(H,9,10)(H,11,12). The molecule has 1 unspecified atom stereocenters. The van der Waals surface area contributed by atoms with Crippen LogP contribution in [0, 0.1) is 0 Å². The fourth-order valence-corrected chi connectivity index (χ4v) is 4.97. The summed E-state index contributed by atoms with van der Waals surface area (Å²) in [5, 5.41) is 33.8. The Morgan fingerprint density at radius 1 is 0.976 bits per heavy atom. The van der Waals surface area contributed by atoms with Crippen LogP contribution in [0.1, 0.15) is 44.0 Å². The summed E-state index contributed by atoms with van der Waals surface area (Å²) >= 11 is 0. The highest BCUT2D eigenvalue weighted by molar-refractivity contribution is 5.88. The third-order valence-corrected chi connectivity index (χ3v) is 6.93. The molecule has 1 aliphatic heterocycles. The van der Waals surface area contributed by atoms with E-state index in [1.807, 2.05) is 24.7 Å². The maximum Gasteiger partial charge on any atom is 0.336 e. The number of likely N-dealkylation sites (tertiary alicyclic amines) is 1. The largest absolute Gasteiger partial charge is 0.481 e. The molecule has 0 aromatic carbocycles. The fourth-order valence-electron chi connectivity index (χ4n) is 4.97. The number of likely N-dealkylation sites (N-methyl/N-ethyl adjacent to an activating group) is 1. The van der Waals surface area contributed by atoms with Gasteiger partial charge in [0.25, 0.3) is 0 Å². The summed E-state index contributed by atoms with van der Waals surface area (Å²) in [5.41, 5.74) is 0.843. The zero-order valence-corrected chi connectivity index (χ0v) is 23.0. The number of nitrogens with zero attached hydrogens (tertiary/aromatic N) is 5. The molecular formula is C29H37N5O7. The number of rotatable bonds is 13. The smallest absolute Gasteiger partial charge is 0.336 e. The van der Waals surface area contributed by atoms with Gasteiger partial charge in [-0.25, -0.2) is 4.79 Å². The quantitative estimate of drug-likeness (QED) is 0.239. The van der Waals surface area contributed by atoms with Gasteiger partial charge in [-0.05, 0) is 62.3 Å². The molecule has 4 rings (SSSR count). The SMILES string of the molecule is CCN1CCCC1CN(Cc1ccccn1)Cc1cccn1-c1ccncc1.O=C(O)CC(O)(CC(=O)O)C(=O)O. The Kier molecular flexibility index (Phi) is 11.5. The maximum absolute atomic E-state index is 10.3. The van der Waals surface area contributed by atoms with E-state index >= 15 is 0 Å². The van der Waals surface area contributed by atoms with E-state index < -0.39 is 36.4 Å². The van der Waals surface area contributed by atoms with E-state index in [9.17, 15) is 14.4 Å². The molecule has 1 aliphatic rings. The van der Waals surface area contributed by atoms with Crippen LogP contribution in [0.2, 0.25) is 0 Å². The van der Waals surface area contributed by atoms with Crippen molar-refractivity contribution in [2.75, 3.05) is 19.6 Å². The highest BCUT2D eigenvalue weighted by Crippen LogP contribution is 2.21. The topological polar surface area (TPSA) is 169 Å². The van der Waals surface area contributed by atoms with Crippen molar-refractivity contribution in [1.82, 2.24) is 24.3 Å². The van der Waals surface area contributed by atoms with Crippen molar-refractivity contribution in [2.24, 2.45) is 0 Å². The zero-order chi connectivity index (χ0) is 29.8. The average molecular weight is 568 g/mol. The van der Waals surface area contributed by atoms with Crippen molar-refractivity contribution in [3.63, 3.8) is 0 Å². The van der Waals surface area contributed by atoms with Crippen LogP contribution < -0.4 is 0 Å². The van der Waals surface area contributed by atoms with Crippen LogP contribution in [-0.2, 0) is 27.5 Å². The summed E-state index contributed by atoms with van der Waals surface area (Å²) in [5.74, 6) is -5.02. The lowest BCUT2D eigenvalue weighted by atomic mass is 9.96. The second-order valence-electron chi connectivity index (χ2n) is 9.97. The Morgan fingerprint density at radius 3 is 2.27 bits per heavy atom. The molecule has 0 radical (unpaired) electrons. The number of aliphatic carboxylic acids is 3. The Hall–Kier alpha value is -4.13. The molecule has 0 saturated carbocycles. The zero-order valence-electron chi connectivity index (χ0n) is 23.0. The molecule has 12 nitrogen and oxygen atoms in total. The van der Waals surface area contributed by atoms with Gasteiger partial charge in [-0.15, -0.1) is 0 Å². The summed E-state index contributed by atoms with van der Waals surface area (Å²) in [7, 11) is 0. The Bertz CT molecular complexity index is 1250. The lowest BCUT2D eigenvalue weighted by Gasteiger charge is -2.30. The number of carboxylic acid groups (broad SMARTS) is 3. The first-order chi connectivity index (χ1) is 19.6. The van der Waals surface area contributed by atoms with Gasteiger partial charge in [-0.2, -0.15) is 0 Å². The van der Waals surface area contributed by atoms with E-state index in [-0.39, 0.29) is 0 Å². The van der Waals surface area contributed by atoms with E-state index in [0.29, 0.717) is 6.04 Å². The van der Waals surface area contributed by atoms with Crippen LogP contribution in [0.3, 0.4) is 0 Å². The molecule has 3 aromatic rings. The summed E-state index contributed by atoms with van der Waals surface area (Å²) in [6, 6.07) is 15.3. The molecule has 41 heavy (non-hydrogen) atoms. The normalized spacial score (nSPS) is 15.3. The van der Waals surface area contributed by atoms with E-state index in [0.717, 1.165) is 37.6 Å². The predicted octanol–water partition coefficient (Wildman–Crippen LogP) is 2.51. The molecule has 220 valence electrons. The number of carboxylic acids is 3. The first-order valence-corrected chi connectivity index (χ1v) is 13.4. The van der Waals surface area contributed by atoms with Crippen LogP contribution in [-0.4, -0.2) is 93.9 Å². The number of aromatic nitrogens is 3. The molecule has 4 heterocycles. The third kappa shape index (κ3) is 9.48.